The summed E-state index contributed by atoms with van der Waals surface area (Å²) in [5.74, 6) is 0. The van der Waals surface area contributed by atoms with E-state index < -0.39 is 0 Å². The third-order valence-electron chi connectivity index (χ3n) is 5.00. The first kappa shape index (κ1) is 16.3. The van der Waals surface area contributed by atoms with Crippen LogP contribution >= 0.6 is 0 Å². The summed E-state index contributed by atoms with van der Waals surface area (Å²) >= 11 is 0. The van der Waals surface area contributed by atoms with Gasteiger partial charge < -0.3 is 9.31 Å². The largest absolute Gasteiger partial charge is 0.495 e. The second-order valence-corrected chi connectivity index (χ2v) is 7.55. The molecule has 1 aliphatic heterocycles. The Hall–Kier alpha value is -1.58. The lowest BCUT2D eigenvalue weighted by atomic mass is 9.74. The fraction of sp³-hybridized carbons (Fsp3) is 0.400. The maximum atomic E-state index is 6.25. The van der Waals surface area contributed by atoms with Crippen molar-refractivity contribution >= 4 is 12.6 Å². The number of hydrogen-bond acceptors (Lipinski definition) is 2. The minimum atomic E-state index is -0.336. The van der Waals surface area contributed by atoms with Crippen LogP contribution in [-0.2, 0) is 9.31 Å². The van der Waals surface area contributed by atoms with Gasteiger partial charge in [0.25, 0.3) is 0 Å². The molecule has 2 aromatic rings. The Labute approximate surface area is 140 Å². The molecule has 2 nitrogen and oxygen atoms in total. The van der Waals surface area contributed by atoms with E-state index in [4.69, 9.17) is 9.31 Å². The topological polar surface area (TPSA) is 18.5 Å². The van der Waals surface area contributed by atoms with Crippen LogP contribution in [0.1, 0.15) is 38.8 Å². The molecule has 23 heavy (non-hydrogen) atoms. The van der Waals surface area contributed by atoms with E-state index in [0.29, 0.717) is 0 Å². The second-order valence-electron chi connectivity index (χ2n) is 7.55. The molecule has 3 rings (SSSR count). The number of aryl methyl sites for hydroxylation is 2. The summed E-state index contributed by atoms with van der Waals surface area (Å²) in [6.07, 6.45) is 0. The molecule has 0 aromatic heterocycles. The monoisotopic (exact) mass is 308 g/mol. The highest BCUT2D eigenvalue weighted by molar-refractivity contribution is 6.63. The van der Waals surface area contributed by atoms with E-state index in [1.165, 1.54) is 22.3 Å². The first-order valence-corrected chi connectivity index (χ1v) is 8.23. The van der Waals surface area contributed by atoms with Gasteiger partial charge in [-0.3, -0.25) is 0 Å². The SMILES string of the molecule is Cc1cc(C)cc(-c2ccccc2B2OC(C)(C)C(C)(C)O2)c1. The Kier molecular flexibility index (Phi) is 3.90. The molecule has 3 heteroatoms. The molecule has 0 bridgehead atoms. The molecule has 0 N–H and O–H groups in total. The minimum Gasteiger partial charge on any atom is -0.399 e. The molecular weight excluding hydrogens is 283 g/mol. The van der Waals surface area contributed by atoms with Crippen LogP contribution in [0.2, 0.25) is 0 Å². The molecule has 1 heterocycles. The van der Waals surface area contributed by atoms with Gasteiger partial charge in [-0.15, -0.1) is 0 Å². The first-order chi connectivity index (χ1) is 10.7. The van der Waals surface area contributed by atoms with Crippen LogP contribution in [0.4, 0.5) is 0 Å². The summed E-state index contributed by atoms with van der Waals surface area (Å²) < 4.78 is 12.5. The second kappa shape index (κ2) is 5.50. The van der Waals surface area contributed by atoms with Gasteiger partial charge in [0, 0.05) is 0 Å². The van der Waals surface area contributed by atoms with Gasteiger partial charge in [0.1, 0.15) is 0 Å². The van der Waals surface area contributed by atoms with Crippen molar-refractivity contribution < 1.29 is 9.31 Å². The van der Waals surface area contributed by atoms with E-state index in [1.54, 1.807) is 0 Å². The third kappa shape index (κ3) is 2.96. The van der Waals surface area contributed by atoms with Crippen LogP contribution in [-0.4, -0.2) is 18.3 Å². The van der Waals surface area contributed by atoms with Gasteiger partial charge in [-0.05, 0) is 58.1 Å². The van der Waals surface area contributed by atoms with E-state index in [2.05, 4.69) is 77.9 Å². The molecule has 2 aromatic carbocycles. The van der Waals surface area contributed by atoms with E-state index >= 15 is 0 Å². The maximum absolute atomic E-state index is 6.25. The predicted molar refractivity (Wildman–Crippen MR) is 97.1 cm³/mol. The van der Waals surface area contributed by atoms with Crippen LogP contribution in [0.15, 0.2) is 42.5 Å². The van der Waals surface area contributed by atoms with E-state index in [-0.39, 0.29) is 18.3 Å². The Balaban J connectivity index is 2.06. The average Bonchev–Trinajstić information content (AvgIpc) is 2.66. The lowest BCUT2D eigenvalue weighted by molar-refractivity contribution is 0.00578. The molecule has 1 fully saturated rings. The molecule has 0 radical (unpaired) electrons. The van der Waals surface area contributed by atoms with Gasteiger partial charge in [0.15, 0.2) is 0 Å². The van der Waals surface area contributed by atoms with E-state index in [1.807, 2.05) is 6.07 Å². The maximum Gasteiger partial charge on any atom is 0.495 e. The lowest BCUT2D eigenvalue weighted by Crippen LogP contribution is -2.41. The van der Waals surface area contributed by atoms with Crippen molar-refractivity contribution in [2.75, 3.05) is 0 Å². The zero-order valence-electron chi connectivity index (χ0n) is 14.9. The highest BCUT2D eigenvalue weighted by Crippen LogP contribution is 2.37. The molecule has 0 unspecified atom stereocenters. The van der Waals surface area contributed by atoms with E-state index in [0.717, 1.165) is 5.46 Å². The van der Waals surface area contributed by atoms with Crippen molar-refractivity contribution in [1.29, 1.82) is 0 Å². The average molecular weight is 308 g/mol. The molecule has 0 atom stereocenters. The zero-order chi connectivity index (χ0) is 16.8. The summed E-state index contributed by atoms with van der Waals surface area (Å²) in [5.41, 5.74) is 5.37. The quantitative estimate of drug-likeness (QED) is 0.771. The number of benzene rings is 2. The minimum absolute atomic E-state index is 0.326. The van der Waals surface area contributed by atoms with Crippen LogP contribution in [0.3, 0.4) is 0 Å². The van der Waals surface area contributed by atoms with E-state index in [9.17, 15) is 0 Å². The Bertz CT molecular complexity index is 698. The highest BCUT2D eigenvalue weighted by atomic mass is 16.7. The summed E-state index contributed by atoms with van der Waals surface area (Å²) in [7, 11) is -0.336. The van der Waals surface area contributed by atoms with Gasteiger partial charge in [0.2, 0.25) is 0 Å². The van der Waals surface area contributed by atoms with Crippen molar-refractivity contribution in [3.8, 4) is 11.1 Å². The van der Waals surface area contributed by atoms with Crippen molar-refractivity contribution in [2.24, 2.45) is 0 Å². The van der Waals surface area contributed by atoms with Crippen molar-refractivity contribution in [3.05, 3.63) is 53.6 Å². The van der Waals surface area contributed by atoms with Gasteiger partial charge in [-0.25, -0.2) is 0 Å². The number of rotatable bonds is 2. The summed E-state index contributed by atoms with van der Waals surface area (Å²) in [6.45, 7) is 12.6. The molecular formula is C20H25BO2. The predicted octanol–water partition coefficient (Wildman–Crippen LogP) is 4.27. The van der Waals surface area contributed by atoms with Crippen LogP contribution in [0, 0.1) is 13.8 Å². The molecule has 1 saturated heterocycles. The third-order valence-corrected chi connectivity index (χ3v) is 5.00. The van der Waals surface area contributed by atoms with Crippen LogP contribution < -0.4 is 5.46 Å². The van der Waals surface area contributed by atoms with Crippen molar-refractivity contribution in [2.45, 2.75) is 52.7 Å². The fourth-order valence-corrected chi connectivity index (χ4v) is 3.07. The van der Waals surface area contributed by atoms with Gasteiger partial charge in [-0.1, -0.05) is 53.6 Å². The Morgan fingerprint density at radius 1 is 0.783 bits per heavy atom. The molecule has 0 spiro atoms. The van der Waals surface area contributed by atoms with Gasteiger partial charge in [0.05, 0.1) is 11.2 Å². The molecule has 0 saturated carbocycles. The Morgan fingerprint density at radius 3 is 1.87 bits per heavy atom. The fourth-order valence-electron chi connectivity index (χ4n) is 3.07. The number of hydrogen-bond donors (Lipinski definition) is 0. The summed E-state index contributed by atoms with van der Waals surface area (Å²) in [5, 5.41) is 0. The van der Waals surface area contributed by atoms with Gasteiger partial charge >= 0.3 is 7.12 Å². The van der Waals surface area contributed by atoms with Crippen LogP contribution in [0.5, 0.6) is 0 Å². The standard InChI is InChI=1S/C20H25BO2/c1-14-11-15(2)13-16(12-14)17-9-7-8-10-18(17)21-22-19(3,4)20(5,6)23-21/h7-13H,1-6H3. The van der Waals surface area contributed by atoms with Crippen molar-refractivity contribution in [3.63, 3.8) is 0 Å². The molecule has 120 valence electrons. The summed E-state index contributed by atoms with van der Waals surface area (Å²) in [6, 6.07) is 15.0. The highest BCUT2D eigenvalue weighted by Gasteiger charge is 2.52. The molecule has 1 aliphatic rings. The van der Waals surface area contributed by atoms with Crippen LogP contribution in [0.25, 0.3) is 11.1 Å². The lowest BCUT2D eigenvalue weighted by Gasteiger charge is -2.32. The first-order valence-electron chi connectivity index (χ1n) is 8.23. The Morgan fingerprint density at radius 2 is 1.30 bits per heavy atom. The smallest absolute Gasteiger partial charge is 0.399 e. The van der Waals surface area contributed by atoms with Crippen molar-refractivity contribution in [1.82, 2.24) is 0 Å². The molecule has 0 aliphatic carbocycles. The zero-order valence-corrected chi connectivity index (χ0v) is 14.9. The van der Waals surface area contributed by atoms with Gasteiger partial charge in [-0.2, -0.15) is 0 Å². The normalized spacial score (nSPS) is 19.1. The molecule has 0 amide bonds. The summed E-state index contributed by atoms with van der Waals surface area (Å²) in [4.78, 5) is 0.